The molecule has 3 aromatic rings. The van der Waals surface area contributed by atoms with Crippen LogP contribution < -0.4 is 5.32 Å². The molecule has 0 radical (unpaired) electrons. The van der Waals surface area contributed by atoms with Crippen LogP contribution in [0.3, 0.4) is 0 Å². The number of hydrogen-bond donors (Lipinski definition) is 1. The lowest BCUT2D eigenvalue weighted by atomic mass is 10.2. The number of furan rings is 1. The fraction of sp³-hybridized carbons (Fsp3) is 0.125. The molecule has 21 heavy (non-hydrogen) atoms. The van der Waals surface area contributed by atoms with E-state index in [1.807, 2.05) is 42.5 Å². The van der Waals surface area contributed by atoms with E-state index in [0.717, 1.165) is 11.3 Å². The van der Waals surface area contributed by atoms with Crippen LogP contribution in [0, 0.1) is 0 Å². The van der Waals surface area contributed by atoms with Crippen molar-refractivity contribution in [3.63, 3.8) is 0 Å². The van der Waals surface area contributed by atoms with Gasteiger partial charge in [0.05, 0.1) is 6.26 Å². The third kappa shape index (κ3) is 3.39. The van der Waals surface area contributed by atoms with Crippen LogP contribution >= 0.6 is 0 Å². The van der Waals surface area contributed by atoms with Crippen molar-refractivity contribution >= 4 is 5.91 Å². The van der Waals surface area contributed by atoms with E-state index in [1.165, 1.54) is 0 Å². The summed E-state index contributed by atoms with van der Waals surface area (Å²) in [6.45, 7) is 0.708. The van der Waals surface area contributed by atoms with Crippen molar-refractivity contribution < 1.29 is 9.21 Å². The van der Waals surface area contributed by atoms with Gasteiger partial charge < -0.3 is 9.73 Å². The molecule has 5 nitrogen and oxygen atoms in total. The lowest BCUT2D eigenvalue weighted by molar-refractivity contribution is -0.122. The number of hydrogen-bond acceptors (Lipinski definition) is 3. The van der Waals surface area contributed by atoms with Crippen LogP contribution in [-0.4, -0.2) is 15.7 Å². The van der Waals surface area contributed by atoms with Gasteiger partial charge in [-0.2, -0.15) is 5.10 Å². The number of amides is 1. The molecule has 1 N–H and O–H groups in total. The van der Waals surface area contributed by atoms with Crippen LogP contribution in [0.25, 0.3) is 11.5 Å². The predicted octanol–water partition coefficient (Wildman–Crippen LogP) is 2.46. The van der Waals surface area contributed by atoms with E-state index in [4.69, 9.17) is 4.42 Å². The van der Waals surface area contributed by atoms with Gasteiger partial charge in [-0.05, 0) is 23.8 Å². The number of benzene rings is 1. The van der Waals surface area contributed by atoms with Crippen LogP contribution in [0.1, 0.15) is 5.56 Å². The molecule has 0 spiro atoms. The van der Waals surface area contributed by atoms with Crippen LogP contribution in [0.2, 0.25) is 0 Å². The zero-order valence-corrected chi connectivity index (χ0v) is 11.4. The fourth-order valence-electron chi connectivity index (χ4n) is 2.01. The first-order valence-corrected chi connectivity index (χ1v) is 6.69. The van der Waals surface area contributed by atoms with Gasteiger partial charge in [-0.1, -0.05) is 30.3 Å². The van der Waals surface area contributed by atoms with Gasteiger partial charge in [0.25, 0.3) is 0 Å². The zero-order valence-electron chi connectivity index (χ0n) is 11.4. The standard InChI is InChI=1S/C16H15N3O2/c20-16(17-11-13-5-2-1-3-6-13)12-19-9-8-14(18-19)15-7-4-10-21-15/h1-10H,11-12H2,(H,17,20). The molecule has 5 heteroatoms. The Balaban J connectivity index is 1.55. The molecule has 0 aliphatic rings. The molecule has 0 aliphatic heterocycles. The average molecular weight is 281 g/mol. The van der Waals surface area contributed by atoms with Gasteiger partial charge in [-0.3, -0.25) is 9.48 Å². The van der Waals surface area contributed by atoms with E-state index in [-0.39, 0.29) is 12.5 Å². The van der Waals surface area contributed by atoms with Gasteiger partial charge in [-0.15, -0.1) is 0 Å². The summed E-state index contributed by atoms with van der Waals surface area (Å²) in [5, 5.41) is 7.18. The second-order valence-corrected chi connectivity index (χ2v) is 4.64. The summed E-state index contributed by atoms with van der Waals surface area (Å²) in [5.74, 6) is 0.617. The van der Waals surface area contributed by atoms with Crippen molar-refractivity contribution in [1.29, 1.82) is 0 Å². The first-order valence-electron chi connectivity index (χ1n) is 6.69. The van der Waals surface area contributed by atoms with Gasteiger partial charge >= 0.3 is 0 Å². The monoisotopic (exact) mass is 281 g/mol. The molecule has 0 aliphatic carbocycles. The Morgan fingerprint density at radius 3 is 2.76 bits per heavy atom. The van der Waals surface area contributed by atoms with E-state index in [2.05, 4.69) is 10.4 Å². The molecule has 1 amide bonds. The van der Waals surface area contributed by atoms with Gasteiger partial charge in [0.2, 0.25) is 5.91 Å². The highest BCUT2D eigenvalue weighted by molar-refractivity contribution is 5.75. The highest BCUT2D eigenvalue weighted by Gasteiger charge is 2.07. The summed E-state index contributed by atoms with van der Waals surface area (Å²) in [4.78, 5) is 11.9. The van der Waals surface area contributed by atoms with Gasteiger partial charge in [0, 0.05) is 12.7 Å². The lowest BCUT2D eigenvalue weighted by Gasteiger charge is -2.05. The van der Waals surface area contributed by atoms with Crippen LogP contribution in [0.15, 0.2) is 65.4 Å². The quantitative estimate of drug-likeness (QED) is 0.781. The Morgan fingerprint density at radius 2 is 2.00 bits per heavy atom. The number of nitrogens with one attached hydrogen (secondary N) is 1. The molecule has 106 valence electrons. The molecule has 0 saturated heterocycles. The van der Waals surface area contributed by atoms with Crippen molar-refractivity contribution in [2.45, 2.75) is 13.1 Å². The summed E-state index contributed by atoms with van der Waals surface area (Å²) in [5.41, 5.74) is 1.79. The topological polar surface area (TPSA) is 60.1 Å². The van der Waals surface area contributed by atoms with Gasteiger partial charge in [0.15, 0.2) is 5.76 Å². The van der Waals surface area contributed by atoms with Crippen molar-refractivity contribution in [3.8, 4) is 11.5 Å². The Hall–Kier alpha value is -2.82. The van der Waals surface area contributed by atoms with Crippen molar-refractivity contribution in [1.82, 2.24) is 15.1 Å². The SMILES string of the molecule is O=C(Cn1ccc(-c2ccco2)n1)NCc1ccccc1. The molecule has 3 rings (SSSR count). The van der Waals surface area contributed by atoms with E-state index in [0.29, 0.717) is 12.3 Å². The number of carbonyl (C=O) groups is 1. The minimum absolute atomic E-state index is 0.0760. The molecule has 0 saturated carbocycles. The normalized spacial score (nSPS) is 10.5. The second-order valence-electron chi connectivity index (χ2n) is 4.64. The number of rotatable bonds is 5. The number of nitrogens with zero attached hydrogens (tertiary/aromatic N) is 2. The van der Waals surface area contributed by atoms with Gasteiger partial charge in [0.1, 0.15) is 12.2 Å². The van der Waals surface area contributed by atoms with Crippen molar-refractivity contribution in [2.75, 3.05) is 0 Å². The average Bonchev–Trinajstić information content (AvgIpc) is 3.17. The maximum Gasteiger partial charge on any atom is 0.241 e. The Kier molecular flexibility index (Phi) is 3.82. The summed E-state index contributed by atoms with van der Waals surface area (Å²) in [7, 11) is 0. The maximum atomic E-state index is 11.9. The van der Waals surface area contributed by atoms with Crippen molar-refractivity contribution in [2.24, 2.45) is 0 Å². The maximum absolute atomic E-state index is 11.9. The predicted molar refractivity (Wildman–Crippen MR) is 78.2 cm³/mol. The smallest absolute Gasteiger partial charge is 0.241 e. The van der Waals surface area contributed by atoms with Crippen molar-refractivity contribution in [3.05, 3.63) is 66.6 Å². The first-order chi connectivity index (χ1) is 10.3. The minimum Gasteiger partial charge on any atom is -0.463 e. The summed E-state index contributed by atoms with van der Waals surface area (Å²) >= 11 is 0. The molecular weight excluding hydrogens is 266 g/mol. The molecule has 2 heterocycles. The summed E-state index contributed by atoms with van der Waals surface area (Å²) in [6, 6.07) is 15.3. The Labute approximate surface area is 122 Å². The van der Waals surface area contributed by atoms with E-state index < -0.39 is 0 Å². The minimum atomic E-state index is -0.0760. The van der Waals surface area contributed by atoms with Crippen LogP contribution in [-0.2, 0) is 17.9 Å². The molecule has 2 aromatic heterocycles. The Morgan fingerprint density at radius 1 is 1.14 bits per heavy atom. The largest absolute Gasteiger partial charge is 0.463 e. The third-order valence-corrected chi connectivity index (χ3v) is 3.05. The summed E-state index contributed by atoms with van der Waals surface area (Å²) in [6.07, 6.45) is 3.36. The zero-order chi connectivity index (χ0) is 14.5. The van der Waals surface area contributed by atoms with Crippen LogP contribution in [0.4, 0.5) is 0 Å². The first kappa shape index (κ1) is 13.2. The molecule has 1 aromatic carbocycles. The molecular formula is C16H15N3O2. The number of aromatic nitrogens is 2. The lowest BCUT2D eigenvalue weighted by Crippen LogP contribution is -2.27. The highest BCUT2D eigenvalue weighted by atomic mass is 16.3. The van der Waals surface area contributed by atoms with E-state index in [1.54, 1.807) is 23.2 Å². The second kappa shape index (κ2) is 6.09. The van der Waals surface area contributed by atoms with Gasteiger partial charge in [-0.25, -0.2) is 0 Å². The van der Waals surface area contributed by atoms with Crippen LogP contribution in [0.5, 0.6) is 0 Å². The molecule has 0 unspecified atom stereocenters. The highest BCUT2D eigenvalue weighted by Crippen LogP contribution is 2.16. The summed E-state index contributed by atoms with van der Waals surface area (Å²) < 4.78 is 6.86. The Bertz CT molecular complexity index is 702. The fourth-order valence-corrected chi connectivity index (χ4v) is 2.01. The van der Waals surface area contributed by atoms with E-state index in [9.17, 15) is 4.79 Å². The number of carbonyl (C=O) groups excluding carboxylic acids is 1. The molecule has 0 bridgehead atoms. The third-order valence-electron chi connectivity index (χ3n) is 3.05. The van der Waals surface area contributed by atoms with E-state index >= 15 is 0 Å². The molecule has 0 atom stereocenters. The molecule has 0 fully saturated rings.